The van der Waals surface area contributed by atoms with Crippen LogP contribution in [-0.4, -0.2) is 41.0 Å². The second kappa shape index (κ2) is 8.00. The molecule has 0 radical (unpaired) electrons. The molecule has 0 saturated heterocycles. The van der Waals surface area contributed by atoms with Gasteiger partial charge in [0.1, 0.15) is 17.9 Å². The maximum absolute atomic E-state index is 13.4. The highest BCUT2D eigenvalue weighted by Crippen LogP contribution is 2.36. The lowest BCUT2D eigenvalue weighted by atomic mass is 10.1. The minimum absolute atomic E-state index is 0.209. The molecule has 3 aromatic heterocycles. The molecule has 0 bridgehead atoms. The van der Waals surface area contributed by atoms with Gasteiger partial charge in [0.2, 0.25) is 0 Å². The second-order valence-corrected chi connectivity index (χ2v) is 8.13. The van der Waals surface area contributed by atoms with E-state index in [2.05, 4.69) is 30.2 Å². The number of halogens is 4. The Morgan fingerprint density at radius 1 is 1.06 bits per heavy atom. The minimum Gasteiger partial charge on any atom is -0.406 e. The number of alkyl halides is 3. The highest BCUT2D eigenvalue weighted by atomic mass is 19.4. The Kier molecular flexibility index (Phi) is 4.88. The molecular weight excluding hydrogens is 482 g/mol. The third-order valence-electron chi connectivity index (χ3n) is 5.73. The first-order valence-electron chi connectivity index (χ1n) is 10.7. The van der Waals surface area contributed by atoms with Crippen molar-refractivity contribution in [2.24, 2.45) is 0 Å². The molecule has 5 aromatic rings. The number of hydrogen-bond donors (Lipinski definition) is 0. The van der Waals surface area contributed by atoms with Crippen LogP contribution in [0.4, 0.5) is 17.6 Å². The number of nitrogens with zero attached hydrogens (tertiary/aromatic N) is 7. The first kappa shape index (κ1) is 21.9. The highest BCUT2D eigenvalue weighted by Gasteiger charge is 2.33. The zero-order chi connectivity index (χ0) is 25.0. The van der Waals surface area contributed by atoms with E-state index in [1.165, 1.54) is 41.3 Å². The first-order valence-corrected chi connectivity index (χ1v) is 10.7. The SMILES string of the molecule is Cc1noc(-c2ncn3c2Cc2c(Cc4ccc(F)cc4)nnn2-c2cc(OC(F)(F)F)ccc2-3)n1. The van der Waals surface area contributed by atoms with Crippen LogP contribution < -0.4 is 4.74 Å². The van der Waals surface area contributed by atoms with Crippen molar-refractivity contribution in [3.05, 3.63) is 83.1 Å². The quantitative estimate of drug-likeness (QED) is 0.334. The zero-order valence-corrected chi connectivity index (χ0v) is 18.5. The van der Waals surface area contributed by atoms with Gasteiger partial charge in [0.05, 0.1) is 28.5 Å². The summed E-state index contributed by atoms with van der Waals surface area (Å²) in [5.41, 5.74) is 3.88. The number of hydrogen-bond acceptors (Lipinski definition) is 7. The van der Waals surface area contributed by atoms with E-state index in [-0.39, 0.29) is 18.1 Å². The fourth-order valence-corrected chi connectivity index (χ4v) is 4.19. The van der Waals surface area contributed by atoms with Gasteiger partial charge in [-0.25, -0.2) is 14.1 Å². The average molecular weight is 497 g/mol. The molecule has 0 N–H and O–H groups in total. The van der Waals surface area contributed by atoms with E-state index in [1.807, 2.05) is 0 Å². The summed E-state index contributed by atoms with van der Waals surface area (Å²) in [6, 6.07) is 9.91. The number of rotatable bonds is 4. The molecule has 0 amide bonds. The molecule has 2 aromatic carbocycles. The Morgan fingerprint density at radius 3 is 2.58 bits per heavy atom. The molecule has 4 heterocycles. The van der Waals surface area contributed by atoms with Gasteiger partial charge in [-0.15, -0.1) is 18.3 Å². The Morgan fingerprint density at radius 2 is 1.86 bits per heavy atom. The standard InChI is InChI=1S/C23H15F4N7O2/c1-12-29-22(36-31-12)21-20-10-18-16(8-13-2-4-14(24)5-3-13)30-32-34(18)19-9-15(35-23(25,26)27)6-7-17(19)33(20)11-28-21/h2-7,9,11H,8,10H2,1H3. The zero-order valence-electron chi connectivity index (χ0n) is 18.5. The third kappa shape index (κ3) is 3.87. The Labute approximate surface area is 200 Å². The van der Waals surface area contributed by atoms with Crippen LogP contribution in [0, 0.1) is 12.7 Å². The predicted octanol–water partition coefficient (Wildman–Crippen LogP) is 4.34. The summed E-state index contributed by atoms with van der Waals surface area (Å²) in [6.45, 7) is 1.68. The Balaban J connectivity index is 1.53. The molecule has 6 rings (SSSR count). The normalized spacial score (nSPS) is 12.6. The number of ether oxygens (including phenoxy) is 1. The van der Waals surface area contributed by atoms with Gasteiger partial charge in [-0.2, -0.15) is 4.98 Å². The summed E-state index contributed by atoms with van der Waals surface area (Å²) in [5.74, 6) is -0.131. The van der Waals surface area contributed by atoms with E-state index in [4.69, 9.17) is 4.52 Å². The average Bonchev–Trinajstić information content (AvgIpc) is 3.52. The van der Waals surface area contributed by atoms with Gasteiger partial charge >= 0.3 is 6.36 Å². The lowest BCUT2D eigenvalue weighted by Crippen LogP contribution is -2.17. The molecule has 0 fully saturated rings. The van der Waals surface area contributed by atoms with Crippen LogP contribution in [0.15, 0.2) is 53.3 Å². The van der Waals surface area contributed by atoms with E-state index in [0.29, 0.717) is 46.4 Å². The van der Waals surface area contributed by atoms with Crippen LogP contribution in [0.3, 0.4) is 0 Å². The van der Waals surface area contributed by atoms with Gasteiger partial charge in [0.15, 0.2) is 11.5 Å². The molecular formula is C23H15F4N7O2. The topological polar surface area (TPSA) is 96.7 Å². The number of aryl methyl sites for hydroxylation is 1. The summed E-state index contributed by atoms with van der Waals surface area (Å²) < 4.78 is 64.9. The van der Waals surface area contributed by atoms with Gasteiger partial charge < -0.3 is 9.26 Å². The van der Waals surface area contributed by atoms with Gasteiger partial charge in [-0.1, -0.05) is 22.5 Å². The number of imidazole rings is 1. The molecule has 0 aliphatic carbocycles. The van der Waals surface area contributed by atoms with E-state index in [0.717, 1.165) is 5.56 Å². The van der Waals surface area contributed by atoms with Crippen molar-refractivity contribution in [3.8, 4) is 28.7 Å². The van der Waals surface area contributed by atoms with Gasteiger partial charge in [-0.3, -0.25) is 4.57 Å². The van der Waals surface area contributed by atoms with E-state index in [9.17, 15) is 17.6 Å². The fourth-order valence-electron chi connectivity index (χ4n) is 4.19. The first-order chi connectivity index (χ1) is 17.2. The second-order valence-electron chi connectivity index (χ2n) is 8.13. The lowest BCUT2D eigenvalue weighted by molar-refractivity contribution is -0.274. The molecule has 0 unspecified atom stereocenters. The molecule has 13 heteroatoms. The molecule has 0 atom stereocenters. The van der Waals surface area contributed by atoms with Gasteiger partial charge in [0, 0.05) is 18.9 Å². The largest absolute Gasteiger partial charge is 0.573 e. The highest BCUT2D eigenvalue weighted by molar-refractivity contribution is 5.63. The van der Waals surface area contributed by atoms with Crippen molar-refractivity contribution in [2.45, 2.75) is 26.1 Å². The number of fused-ring (bicyclic) bond motifs is 5. The van der Waals surface area contributed by atoms with E-state index < -0.39 is 12.1 Å². The van der Waals surface area contributed by atoms with Gasteiger partial charge in [0.25, 0.3) is 5.89 Å². The summed E-state index contributed by atoms with van der Waals surface area (Å²) in [6.07, 6.45) is -2.74. The van der Waals surface area contributed by atoms with Crippen molar-refractivity contribution in [2.75, 3.05) is 0 Å². The maximum Gasteiger partial charge on any atom is 0.573 e. The fraction of sp³-hybridized carbons (Fsp3) is 0.174. The molecule has 0 saturated carbocycles. The third-order valence-corrected chi connectivity index (χ3v) is 5.73. The summed E-state index contributed by atoms with van der Waals surface area (Å²) in [5, 5.41) is 12.4. The molecule has 9 nitrogen and oxygen atoms in total. The number of aromatic nitrogens is 7. The van der Waals surface area contributed by atoms with Crippen molar-refractivity contribution >= 4 is 0 Å². The van der Waals surface area contributed by atoms with Crippen LogP contribution in [0.2, 0.25) is 0 Å². The Hall–Kier alpha value is -4.55. The maximum atomic E-state index is 13.4. The van der Waals surface area contributed by atoms with Crippen LogP contribution in [0.5, 0.6) is 5.75 Å². The van der Waals surface area contributed by atoms with Crippen molar-refractivity contribution < 1.29 is 26.8 Å². The molecule has 0 spiro atoms. The van der Waals surface area contributed by atoms with E-state index >= 15 is 0 Å². The van der Waals surface area contributed by atoms with Crippen LogP contribution in [-0.2, 0) is 12.8 Å². The van der Waals surface area contributed by atoms with Crippen LogP contribution in [0.25, 0.3) is 23.0 Å². The Bertz CT molecular complexity index is 1580. The van der Waals surface area contributed by atoms with Gasteiger partial charge in [-0.05, 0) is 36.8 Å². The molecule has 1 aliphatic rings. The van der Waals surface area contributed by atoms with Crippen molar-refractivity contribution in [3.63, 3.8) is 0 Å². The summed E-state index contributed by atoms with van der Waals surface area (Å²) in [4.78, 5) is 8.72. The molecule has 36 heavy (non-hydrogen) atoms. The molecule has 182 valence electrons. The lowest BCUT2D eigenvalue weighted by Gasteiger charge is -2.13. The predicted molar refractivity (Wildman–Crippen MR) is 115 cm³/mol. The number of benzene rings is 2. The van der Waals surface area contributed by atoms with Crippen LogP contribution in [0.1, 0.15) is 28.5 Å². The van der Waals surface area contributed by atoms with Crippen molar-refractivity contribution in [1.29, 1.82) is 0 Å². The summed E-state index contributed by atoms with van der Waals surface area (Å²) in [7, 11) is 0. The molecule has 1 aliphatic heterocycles. The van der Waals surface area contributed by atoms with E-state index in [1.54, 1.807) is 23.6 Å². The monoisotopic (exact) mass is 497 g/mol. The minimum atomic E-state index is -4.86. The summed E-state index contributed by atoms with van der Waals surface area (Å²) >= 11 is 0. The van der Waals surface area contributed by atoms with Crippen molar-refractivity contribution in [1.82, 2.24) is 34.7 Å². The smallest absolute Gasteiger partial charge is 0.406 e. The van der Waals surface area contributed by atoms with Crippen LogP contribution >= 0.6 is 0 Å².